The first-order valence-electron chi connectivity index (χ1n) is 10.4. The molecule has 0 aliphatic heterocycles. The molecule has 0 spiro atoms. The van der Waals surface area contributed by atoms with Crippen LogP contribution in [0.15, 0.2) is 70.6 Å². The monoisotopic (exact) mass is 541 g/mol. The summed E-state index contributed by atoms with van der Waals surface area (Å²) in [5, 5.41) is 0.432. The molecular weight excluding hydrogens is 522 g/mol. The van der Waals surface area contributed by atoms with E-state index in [9.17, 15) is 13.2 Å². The number of fused-ring (bicyclic) bond motifs is 1. The summed E-state index contributed by atoms with van der Waals surface area (Å²) in [4.78, 5) is 17.7. The highest BCUT2D eigenvalue weighted by atomic mass is 35.5. The second-order valence-corrected chi connectivity index (χ2v) is 10.5. The molecular formula is C25H20ClN3O5S2. The van der Waals surface area contributed by atoms with Crippen LogP contribution in [-0.2, 0) is 16.6 Å². The molecule has 0 radical (unpaired) electrons. The Bertz CT molecular complexity index is 1650. The number of sulfonamides is 1. The molecule has 0 aliphatic rings. The number of amides is 1. The van der Waals surface area contributed by atoms with Gasteiger partial charge in [0.15, 0.2) is 16.3 Å². The maximum absolute atomic E-state index is 12.9. The van der Waals surface area contributed by atoms with Crippen LogP contribution in [0.3, 0.4) is 0 Å². The predicted molar refractivity (Wildman–Crippen MR) is 140 cm³/mol. The summed E-state index contributed by atoms with van der Waals surface area (Å²) < 4.78 is 40.9. The molecule has 36 heavy (non-hydrogen) atoms. The Morgan fingerprint density at radius 2 is 1.72 bits per heavy atom. The topological polar surface area (TPSA) is 99.0 Å². The average Bonchev–Trinajstić information content (AvgIpc) is 3.19. The molecule has 1 aromatic heterocycles. The normalized spacial score (nSPS) is 11.8. The van der Waals surface area contributed by atoms with E-state index in [0.717, 1.165) is 10.2 Å². The number of nitrogens with one attached hydrogen (secondary N) is 1. The lowest BCUT2D eigenvalue weighted by Crippen LogP contribution is -2.16. The summed E-state index contributed by atoms with van der Waals surface area (Å²) in [6, 6.07) is 15.4. The molecule has 0 saturated heterocycles. The molecule has 4 rings (SSSR count). The predicted octanol–water partition coefficient (Wildman–Crippen LogP) is 4.55. The summed E-state index contributed by atoms with van der Waals surface area (Å²) >= 11 is 7.12. The molecule has 3 aromatic carbocycles. The van der Waals surface area contributed by atoms with Crippen LogP contribution in [0.4, 0.5) is 5.69 Å². The van der Waals surface area contributed by atoms with Gasteiger partial charge in [-0.3, -0.25) is 9.52 Å². The van der Waals surface area contributed by atoms with Crippen molar-refractivity contribution in [2.45, 2.75) is 11.4 Å². The van der Waals surface area contributed by atoms with Crippen LogP contribution < -0.4 is 19.0 Å². The van der Waals surface area contributed by atoms with E-state index in [1.807, 2.05) is 0 Å². The van der Waals surface area contributed by atoms with Crippen LogP contribution in [0.25, 0.3) is 10.2 Å². The molecule has 0 atom stereocenters. The number of hydrogen-bond donors (Lipinski definition) is 1. The number of rotatable bonds is 7. The number of carbonyl (C=O) groups is 1. The number of hydrogen-bond acceptors (Lipinski definition) is 6. The van der Waals surface area contributed by atoms with Crippen molar-refractivity contribution in [2.75, 3.05) is 18.9 Å². The third kappa shape index (κ3) is 5.23. The maximum Gasteiger partial charge on any atom is 0.279 e. The van der Waals surface area contributed by atoms with Crippen molar-refractivity contribution < 1.29 is 22.7 Å². The molecule has 0 aliphatic carbocycles. The lowest BCUT2D eigenvalue weighted by Gasteiger charge is -2.08. The molecule has 184 valence electrons. The third-order valence-electron chi connectivity index (χ3n) is 5.14. The first kappa shape index (κ1) is 25.3. The largest absolute Gasteiger partial charge is 0.493 e. The highest BCUT2D eigenvalue weighted by Gasteiger charge is 2.16. The summed E-state index contributed by atoms with van der Waals surface area (Å²) in [5.74, 6) is 3.16. The molecule has 0 unspecified atom stereocenters. The zero-order valence-corrected chi connectivity index (χ0v) is 21.6. The SMILES string of the molecule is C#CCn1c(=NC(=O)c2ccc(NS(=O)(=O)c3ccc(Cl)cc3)cc2)sc2cc(OC)c(OC)cc21. The number of anilines is 1. The van der Waals surface area contributed by atoms with Gasteiger partial charge in [0.05, 0.1) is 35.9 Å². The Morgan fingerprint density at radius 1 is 1.08 bits per heavy atom. The number of benzene rings is 3. The van der Waals surface area contributed by atoms with Crippen molar-refractivity contribution in [1.29, 1.82) is 0 Å². The van der Waals surface area contributed by atoms with Gasteiger partial charge in [0.25, 0.3) is 15.9 Å². The van der Waals surface area contributed by atoms with Crippen LogP contribution in [0, 0.1) is 12.3 Å². The van der Waals surface area contributed by atoms with Crippen LogP contribution >= 0.6 is 22.9 Å². The summed E-state index contributed by atoms with van der Waals surface area (Å²) in [7, 11) is -0.728. The van der Waals surface area contributed by atoms with Crippen molar-refractivity contribution >= 4 is 54.8 Å². The fourth-order valence-electron chi connectivity index (χ4n) is 3.39. The Kier molecular flexibility index (Phi) is 7.35. The Hall–Kier alpha value is -3.78. The van der Waals surface area contributed by atoms with Gasteiger partial charge in [-0.05, 0) is 48.5 Å². The third-order valence-corrected chi connectivity index (χ3v) is 7.83. The highest BCUT2D eigenvalue weighted by Crippen LogP contribution is 2.33. The number of nitrogens with zero attached hydrogens (tertiary/aromatic N) is 2. The van der Waals surface area contributed by atoms with Gasteiger partial charge < -0.3 is 14.0 Å². The minimum absolute atomic E-state index is 0.0677. The molecule has 11 heteroatoms. The van der Waals surface area contributed by atoms with E-state index < -0.39 is 15.9 Å². The van der Waals surface area contributed by atoms with Crippen molar-refractivity contribution in [3.8, 4) is 23.8 Å². The van der Waals surface area contributed by atoms with Crippen molar-refractivity contribution in [3.63, 3.8) is 0 Å². The quantitative estimate of drug-likeness (QED) is 0.346. The Morgan fingerprint density at radius 3 is 2.33 bits per heavy atom. The van der Waals surface area contributed by atoms with Crippen molar-refractivity contribution in [3.05, 3.63) is 76.1 Å². The zero-order valence-electron chi connectivity index (χ0n) is 19.2. The van der Waals surface area contributed by atoms with Gasteiger partial charge in [-0.25, -0.2) is 8.42 Å². The molecule has 1 heterocycles. The van der Waals surface area contributed by atoms with Crippen LogP contribution in [-0.4, -0.2) is 33.1 Å². The standard InChI is InChI=1S/C25H20ClN3O5S2/c1-4-13-29-20-14-21(33-2)22(34-3)15-23(20)35-25(29)27-24(30)16-5-9-18(10-6-16)28-36(31,32)19-11-7-17(26)8-12-19/h1,5-12,14-15,28H,13H2,2-3H3. The first-order chi connectivity index (χ1) is 17.2. The van der Waals surface area contributed by atoms with Crippen LogP contribution in [0.2, 0.25) is 5.02 Å². The molecule has 0 bridgehead atoms. The first-order valence-corrected chi connectivity index (χ1v) is 13.1. The van der Waals surface area contributed by atoms with E-state index in [2.05, 4.69) is 15.6 Å². The number of halogens is 1. The second-order valence-electron chi connectivity index (χ2n) is 7.40. The van der Waals surface area contributed by atoms with Gasteiger partial charge in [0.1, 0.15) is 0 Å². The molecule has 0 fully saturated rings. The van der Waals surface area contributed by atoms with Crippen molar-refractivity contribution in [2.24, 2.45) is 4.99 Å². The average molecular weight is 542 g/mol. The molecule has 8 nitrogen and oxygen atoms in total. The summed E-state index contributed by atoms with van der Waals surface area (Å²) in [6.45, 7) is 0.201. The maximum atomic E-state index is 12.9. The van der Waals surface area contributed by atoms with E-state index in [-0.39, 0.29) is 17.0 Å². The van der Waals surface area contributed by atoms with Crippen molar-refractivity contribution in [1.82, 2.24) is 4.57 Å². The highest BCUT2D eigenvalue weighted by molar-refractivity contribution is 7.92. The Balaban J connectivity index is 1.64. The van der Waals surface area contributed by atoms with Gasteiger partial charge in [0.2, 0.25) is 0 Å². The number of thiazole rings is 1. The number of ether oxygens (including phenoxy) is 2. The van der Waals surface area contributed by atoms with Gasteiger partial charge >= 0.3 is 0 Å². The fourth-order valence-corrected chi connectivity index (χ4v) is 5.61. The number of terminal acetylenes is 1. The van der Waals surface area contributed by atoms with E-state index >= 15 is 0 Å². The zero-order chi connectivity index (χ0) is 25.9. The van der Waals surface area contributed by atoms with Gasteiger partial charge in [-0.1, -0.05) is 28.9 Å². The minimum atomic E-state index is -3.81. The minimum Gasteiger partial charge on any atom is -0.493 e. The summed E-state index contributed by atoms with van der Waals surface area (Å²) in [5.41, 5.74) is 1.34. The van der Waals surface area contributed by atoms with Crippen LogP contribution in [0.5, 0.6) is 11.5 Å². The fraction of sp³-hybridized carbons (Fsp3) is 0.120. The molecule has 4 aromatic rings. The summed E-state index contributed by atoms with van der Waals surface area (Å²) in [6.07, 6.45) is 5.55. The van der Waals surface area contributed by atoms with E-state index in [4.69, 9.17) is 27.5 Å². The van der Waals surface area contributed by atoms with E-state index in [1.54, 1.807) is 23.8 Å². The van der Waals surface area contributed by atoms with Gasteiger partial charge in [0, 0.05) is 28.4 Å². The lowest BCUT2D eigenvalue weighted by molar-refractivity contribution is 0.0998. The smallest absolute Gasteiger partial charge is 0.279 e. The lowest BCUT2D eigenvalue weighted by atomic mass is 10.2. The van der Waals surface area contributed by atoms with E-state index in [0.29, 0.717) is 27.0 Å². The van der Waals surface area contributed by atoms with E-state index in [1.165, 1.54) is 67.0 Å². The number of aromatic nitrogens is 1. The second kappa shape index (κ2) is 10.5. The molecule has 0 saturated carbocycles. The van der Waals surface area contributed by atoms with Gasteiger partial charge in [-0.15, -0.1) is 6.42 Å². The van der Waals surface area contributed by atoms with Gasteiger partial charge in [-0.2, -0.15) is 4.99 Å². The molecule has 1 amide bonds. The number of carbonyl (C=O) groups excluding carboxylic acids is 1. The number of methoxy groups -OCH3 is 2. The van der Waals surface area contributed by atoms with Crippen LogP contribution in [0.1, 0.15) is 10.4 Å². The Labute approximate surface area is 216 Å². The molecule has 1 N–H and O–H groups in total.